The van der Waals surface area contributed by atoms with E-state index >= 15 is 0 Å². The Labute approximate surface area is 105 Å². The summed E-state index contributed by atoms with van der Waals surface area (Å²) in [6.45, 7) is 2.42. The highest BCUT2D eigenvalue weighted by Crippen LogP contribution is 2.18. The van der Waals surface area contributed by atoms with Crippen LogP contribution in [0, 0.1) is 6.92 Å². The molecule has 0 atom stereocenters. The summed E-state index contributed by atoms with van der Waals surface area (Å²) in [6.07, 6.45) is 1.21. The first-order chi connectivity index (χ1) is 6.24. The fourth-order valence-corrected chi connectivity index (χ4v) is 1.59. The van der Waals surface area contributed by atoms with Gasteiger partial charge in [0.15, 0.2) is 0 Å². The number of aromatic nitrogens is 1. The third-order valence-corrected chi connectivity index (χ3v) is 2.45. The lowest BCUT2D eigenvalue weighted by Crippen LogP contribution is -2.13. The van der Waals surface area contributed by atoms with E-state index in [1.54, 1.807) is 5.51 Å². The summed E-state index contributed by atoms with van der Waals surface area (Å²) in [5.74, 6) is 0.0119. The van der Waals surface area contributed by atoms with E-state index in [0.29, 0.717) is 13.0 Å². The van der Waals surface area contributed by atoms with Gasteiger partial charge in [0.05, 0.1) is 11.2 Å². The maximum absolute atomic E-state index is 11.2. The highest BCUT2D eigenvalue weighted by molar-refractivity contribution is 7.14. The topological polar surface area (TPSA) is 68.0 Å². The van der Waals surface area contributed by atoms with Gasteiger partial charge in [-0.3, -0.25) is 4.79 Å². The summed E-state index contributed by atoms with van der Waals surface area (Å²) in [4.78, 5) is 15.3. The average Bonchev–Trinajstić information content (AvgIpc) is 2.48. The SMILES string of the molecule is Cc1ncsc1NC(=O)CCCN.Cl.Cl. The zero-order valence-electron chi connectivity index (χ0n) is 8.36. The minimum Gasteiger partial charge on any atom is -0.330 e. The summed E-state index contributed by atoms with van der Waals surface area (Å²) >= 11 is 1.44. The van der Waals surface area contributed by atoms with E-state index in [4.69, 9.17) is 5.73 Å². The molecule has 0 saturated heterocycles. The number of aryl methyl sites for hydroxylation is 1. The minimum absolute atomic E-state index is 0. The Morgan fingerprint density at radius 3 is 2.73 bits per heavy atom. The Bertz CT molecular complexity index is 293. The Morgan fingerprint density at radius 2 is 2.27 bits per heavy atom. The van der Waals surface area contributed by atoms with Crippen molar-refractivity contribution in [3.8, 4) is 0 Å². The van der Waals surface area contributed by atoms with Gasteiger partial charge in [0.1, 0.15) is 5.00 Å². The van der Waals surface area contributed by atoms with Crippen LogP contribution >= 0.6 is 36.2 Å². The van der Waals surface area contributed by atoms with E-state index in [0.717, 1.165) is 17.1 Å². The molecule has 0 unspecified atom stereocenters. The molecule has 0 aromatic carbocycles. The van der Waals surface area contributed by atoms with Crippen LogP contribution < -0.4 is 11.1 Å². The zero-order chi connectivity index (χ0) is 9.68. The summed E-state index contributed by atoms with van der Waals surface area (Å²) < 4.78 is 0. The average molecular weight is 272 g/mol. The molecular formula is C8H15Cl2N3OS. The van der Waals surface area contributed by atoms with Gasteiger partial charge in [-0.05, 0) is 19.9 Å². The molecule has 1 aromatic heterocycles. The van der Waals surface area contributed by atoms with Crippen LogP contribution in [0.15, 0.2) is 5.51 Å². The van der Waals surface area contributed by atoms with Crippen LogP contribution in [0.5, 0.6) is 0 Å². The molecule has 0 aliphatic rings. The fraction of sp³-hybridized carbons (Fsp3) is 0.500. The molecule has 1 aromatic rings. The van der Waals surface area contributed by atoms with E-state index in [1.165, 1.54) is 11.3 Å². The lowest BCUT2D eigenvalue weighted by atomic mass is 10.3. The maximum Gasteiger partial charge on any atom is 0.225 e. The Kier molecular flexibility index (Phi) is 10.1. The molecule has 0 aliphatic heterocycles. The number of hydrogen-bond acceptors (Lipinski definition) is 4. The molecule has 7 heteroatoms. The zero-order valence-corrected chi connectivity index (χ0v) is 10.8. The number of rotatable bonds is 4. The first kappa shape index (κ1) is 17.0. The fourth-order valence-electron chi connectivity index (χ4n) is 0.874. The second-order valence-electron chi connectivity index (χ2n) is 2.71. The highest BCUT2D eigenvalue weighted by atomic mass is 35.5. The number of carbonyl (C=O) groups is 1. The monoisotopic (exact) mass is 271 g/mol. The third-order valence-electron chi connectivity index (χ3n) is 1.61. The van der Waals surface area contributed by atoms with Crippen molar-refractivity contribution in [1.82, 2.24) is 4.98 Å². The van der Waals surface area contributed by atoms with Gasteiger partial charge in [0.25, 0.3) is 0 Å². The van der Waals surface area contributed by atoms with Crippen molar-refractivity contribution in [2.45, 2.75) is 19.8 Å². The van der Waals surface area contributed by atoms with Crippen LogP contribution in [0.4, 0.5) is 5.00 Å². The molecule has 1 rings (SSSR count). The van der Waals surface area contributed by atoms with Gasteiger partial charge in [0, 0.05) is 6.42 Å². The van der Waals surface area contributed by atoms with Gasteiger partial charge < -0.3 is 11.1 Å². The number of carbonyl (C=O) groups excluding carboxylic acids is 1. The van der Waals surface area contributed by atoms with E-state index < -0.39 is 0 Å². The number of anilines is 1. The Balaban J connectivity index is 0. The Morgan fingerprint density at radius 1 is 1.60 bits per heavy atom. The van der Waals surface area contributed by atoms with Crippen molar-refractivity contribution in [2.24, 2.45) is 5.73 Å². The standard InChI is InChI=1S/C8H13N3OS.2ClH/c1-6-8(13-5-10-6)11-7(12)3-2-4-9;;/h5H,2-4,9H2,1H3,(H,11,12);2*1H. The number of hydrogen-bond donors (Lipinski definition) is 2. The molecule has 15 heavy (non-hydrogen) atoms. The number of thiazole rings is 1. The van der Waals surface area contributed by atoms with Crippen LogP contribution in [0.1, 0.15) is 18.5 Å². The summed E-state index contributed by atoms with van der Waals surface area (Å²) in [7, 11) is 0. The van der Waals surface area contributed by atoms with E-state index in [1.807, 2.05) is 6.92 Å². The summed E-state index contributed by atoms with van der Waals surface area (Å²) in [6, 6.07) is 0. The molecule has 1 heterocycles. The summed E-state index contributed by atoms with van der Waals surface area (Å²) in [5, 5.41) is 3.62. The first-order valence-corrected chi connectivity index (χ1v) is 5.02. The van der Waals surface area contributed by atoms with E-state index in [2.05, 4.69) is 10.3 Å². The minimum atomic E-state index is 0. The van der Waals surface area contributed by atoms with Crippen molar-refractivity contribution >= 4 is 47.1 Å². The largest absolute Gasteiger partial charge is 0.330 e. The molecular weight excluding hydrogens is 257 g/mol. The van der Waals surface area contributed by atoms with Gasteiger partial charge >= 0.3 is 0 Å². The Hall–Kier alpha value is -0.360. The number of halogens is 2. The van der Waals surface area contributed by atoms with Crippen molar-refractivity contribution in [3.05, 3.63) is 11.2 Å². The molecule has 3 N–H and O–H groups in total. The van der Waals surface area contributed by atoms with Crippen molar-refractivity contribution in [1.29, 1.82) is 0 Å². The van der Waals surface area contributed by atoms with Crippen molar-refractivity contribution in [2.75, 3.05) is 11.9 Å². The highest BCUT2D eigenvalue weighted by Gasteiger charge is 2.05. The molecule has 0 spiro atoms. The lowest BCUT2D eigenvalue weighted by molar-refractivity contribution is -0.116. The normalized spacial score (nSPS) is 8.67. The number of nitrogens with two attached hydrogens (primary N) is 1. The number of amides is 1. The van der Waals surface area contributed by atoms with Gasteiger partial charge in [-0.15, -0.1) is 36.2 Å². The van der Waals surface area contributed by atoms with Crippen LogP contribution in [-0.4, -0.2) is 17.4 Å². The van der Waals surface area contributed by atoms with Gasteiger partial charge in [-0.1, -0.05) is 0 Å². The summed E-state index contributed by atoms with van der Waals surface area (Å²) in [5.41, 5.74) is 7.87. The number of nitrogens with zero attached hydrogens (tertiary/aromatic N) is 1. The molecule has 0 radical (unpaired) electrons. The molecule has 0 fully saturated rings. The predicted octanol–water partition coefficient (Wildman–Crippen LogP) is 1.97. The second-order valence-corrected chi connectivity index (χ2v) is 3.56. The third kappa shape index (κ3) is 5.94. The van der Waals surface area contributed by atoms with Crippen LogP contribution in [0.25, 0.3) is 0 Å². The van der Waals surface area contributed by atoms with Crippen LogP contribution in [-0.2, 0) is 4.79 Å². The first-order valence-electron chi connectivity index (χ1n) is 4.14. The molecule has 0 saturated carbocycles. The number of nitrogens with one attached hydrogen (secondary N) is 1. The van der Waals surface area contributed by atoms with Crippen molar-refractivity contribution < 1.29 is 4.79 Å². The predicted molar refractivity (Wildman–Crippen MR) is 68.3 cm³/mol. The molecule has 1 amide bonds. The van der Waals surface area contributed by atoms with Crippen LogP contribution in [0.3, 0.4) is 0 Å². The van der Waals surface area contributed by atoms with Gasteiger partial charge in [-0.2, -0.15) is 0 Å². The quantitative estimate of drug-likeness (QED) is 0.880. The van der Waals surface area contributed by atoms with E-state index in [-0.39, 0.29) is 30.7 Å². The molecule has 0 bridgehead atoms. The van der Waals surface area contributed by atoms with Crippen LogP contribution in [0.2, 0.25) is 0 Å². The van der Waals surface area contributed by atoms with E-state index in [9.17, 15) is 4.79 Å². The molecule has 88 valence electrons. The lowest BCUT2D eigenvalue weighted by Gasteiger charge is -2.01. The van der Waals surface area contributed by atoms with Gasteiger partial charge in [0.2, 0.25) is 5.91 Å². The smallest absolute Gasteiger partial charge is 0.225 e. The second kappa shape index (κ2) is 8.91. The van der Waals surface area contributed by atoms with Crippen molar-refractivity contribution in [3.63, 3.8) is 0 Å². The maximum atomic E-state index is 11.2. The molecule has 0 aliphatic carbocycles. The van der Waals surface area contributed by atoms with Gasteiger partial charge in [-0.25, -0.2) is 4.98 Å². The molecule has 4 nitrogen and oxygen atoms in total.